The molecule has 0 radical (unpaired) electrons. The lowest BCUT2D eigenvalue weighted by atomic mass is 10.1. The molecule has 0 amide bonds. The van der Waals surface area contributed by atoms with Crippen molar-refractivity contribution in [3.05, 3.63) is 85.1 Å². The average molecular weight is 848 g/mol. The van der Waals surface area contributed by atoms with Crippen LogP contribution in [0.15, 0.2) is 85.1 Å². The molecule has 0 saturated heterocycles. The maximum Gasteiger partial charge on any atom is 0.472 e. The van der Waals surface area contributed by atoms with Gasteiger partial charge in [-0.1, -0.05) is 157 Å². The first-order valence-corrected chi connectivity index (χ1v) is 23.6. The van der Waals surface area contributed by atoms with Gasteiger partial charge in [0.1, 0.15) is 12.6 Å². The summed E-state index contributed by atoms with van der Waals surface area (Å²) in [4.78, 5) is 45.9. The summed E-state index contributed by atoms with van der Waals surface area (Å²) in [6.45, 7) is 2.59. The fourth-order valence-electron chi connectivity index (χ4n) is 5.44. The Kier molecular flexibility index (Phi) is 39.1. The molecule has 12 heteroatoms. The van der Waals surface area contributed by atoms with Crippen LogP contribution >= 0.6 is 7.82 Å². The van der Waals surface area contributed by atoms with Crippen molar-refractivity contribution >= 4 is 25.7 Å². The number of carboxylic acid groups (broad SMARTS) is 1. The van der Waals surface area contributed by atoms with Crippen molar-refractivity contribution in [3.8, 4) is 0 Å². The molecule has 0 heterocycles. The van der Waals surface area contributed by atoms with Gasteiger partial charge < -0.3 is 25.2 Å². The van der Waals surface area contributed by atoms with Gasteiger partial charge in [-0.3, -0.25) is 23.4 Å². The molecule has 0 aliphatic heterocycles. The van der Waals surface area contributed by atoms with Gasteiger partial charge in [0, 0.05) is 12.8 Å². The van der Waals surface area contributed by atoms with Crippen molar-refractivity contribution < 1.29 is 47.5 Å². The Balaban J connectivity index is 4.41. The van der Waals surface area contributed by atoms with Crippen molar-refractivity contribution in [3.63, 3.8) is 0 Å². The van der Waals surface area contributed by atoms with E-state index in [4.69, 9.17) is 24.8 Å². The van der Waals surface area contributed by atoms with Crippen molar-refractivity contribution in [2.45, 2.75) is 174 Å². The number of carbonyl (C=O) groups excluding carboxylic acids is 2. The van der Waals surface area contributed by atoms with E-state index < -0.39 is 51.1 Å². The molecule has 0 aromatic heterocycles. The number of rotatable bonds is 40. The van der Waals surface area contributed by atoms with Gasteiger partial charge in [-0.2, -0.15) is 0 Å². The summed E-state index contributed by atoms with van der Waals surface area (Å²) >= 11 is 0. The molecule has 0 fully saturated rings. The Morgan fingerprint density at radius 1 is 0.542 bits per heavy atom. The molecule has 0 aromatic rings. The maximum atomic E-state index is 12.6. The molecule has 0 aliphatic rings. The van der Waals surface area contributed by atoms with Crippen LogP contribution in [-0.2, 0) is 37.5 Å². The average Bonchev–Trinajstić information content (AvgIpc) is 3.21. The molecule has 0 rings (SSSR count). The maximum absolute atomic E-state index is 12.6. The minimum atomic E-state index is -4.74. The summed E-state index contributed by atoms with van der Waals surface area (Å²) in [5, 5.41) is 8.89. The summed E-state index contributed by atoms with van der Waals surface area (Å²) < 4.78 is 32.6. The topological polar surface area (TPSA) is 172 Å². The number of aliphatic carboxylic acids is 1. The number of esters is 2. The fraction of sp³-hybridized carbons (Fsp3) is 0.638. The van der Waals surface area contributed by atoms with Crippen molar-refractivity contribution in [1.82, 2.24) is 0 Å². The Hall–Kier alpha value is -3.34. The van der Waals surface area contributed by atoms with Crippen LogP contribution in [0.3, 0.4) is 0 Å². The van der Waals surface area contributed by atoms with Crippen LogP contribution in [0.4, 0.5) is 0 Å². The van der Waals surface area contributed by atoms with Gasteiger partial charge in [-0.15, -0.1) is 0 Å². The lowest BCUT2D eigenvalue weighted by Gasteiger charge is -2.20. The van der Waals surface area contributed by atoms with Crippen LogP contribution < -0.4 is 5.73 Å². The summed E-state index contributed by atoms with van der Waals surface area (Å²) in [6, 6.07) is -1.54. The number of hydrogen-bond donors (Lipinski definition) is 3. The highest BCUT2D eigenvalue weighted by molar-refractivity contribution is 7.47. The van der Waals surface area contributed by atoms with E-state index in [-0.39, 0.29) is 19.4 Å². The van der Waals surface area contributed by atoms with Gasteiger partial charge in [-0.05, 0) is 77.0 Å². The highest BCUT2D eigenvalue weighted by atomic mass is 31.2. The number of unbranched alkanes of at least 4 members (excludes halogenated alkanes) is 12. The fourth-order valence-corrected chi connectivity index (χ4v) is 6.22. The minimum Gasteiger partial charge on any atom is -0.480 e. The number of phosphoric acid groups is 1. The van der Waals surface area contributed by atoms with Gasteiger partial charge in [0.15, 0.2) is 6.10 Å². The molecule has 0 aromatic carbocycles. The van der Waals surface area contributed by atoms with E-state index in [9.17, 15) is 23.8 Å². The van der Waals surface area contributed by atoms with E-state index >= 15 is 0 Å². The molecular weight excluding hydrogens is 769 g/mol. The molecule has 4 N–H and O–H groups in total. The zero-order valence-electron chi connectivity index (χ0n) is 36.3. The van der Waals surface area contributed by atoms with E-state index in [0.29, 0.717) is 12.8 Å². The van der Waals surface area contributed by atoms with E-state index in [0.717, 1.165) is 83.5 Å². The monoisotopic (exact) mass is 848 g/mol. The van der Waals surface area contributed by atoms with Crippen molar-refractivity contribution in [1.29, 1.82) is 0 Å². The zero-order chi connectivity index (χ0) is 43.5. The van der Waals surface area contributed by atoms with E-state index in [2.05, 4.69) is 91.3 Å². The van der Waals surface area contributed by atoms with Crippen molar-refractivity contribution in [2.24, 2.45) is 5.73 Å². The van der Waals surface area contributed by atoms with E-state index in [1.165, 1.54) is 38.5 Å². The van der Waals surface area contributed by atoms with E-state index in [1.807, 2.05) is 12.2 Å². The van der Waals surface area contributed by atoms with Gasteiger partial charge >= 0.3 is 25.7 Å². The van der Waals surface area contributed by atoms with Crippen LogP contribution in [0.1, 0.15) is 162 Å². The number of ether oxygens (including phenoxy) is 2. The van der Waals surface area contributed by atoms with Gasteiger partial charge in [0.2, 0.25) is 0 Å². The summed E-state index contributed by atoms with van der Waals surface area (Å²) in [7, 11) is -4.74. The third-order valence-electron chi connectivity index (χ3n) is 8.89. The lowest BCUT2D eigenvalue weighted by molar-refractivity contribution is -0.161. The normalized spacial score (nSPS) is 14.5. The second-order valence-electron chi connectivity index (χ2n) is 14.4. The number of carboxylic acids is 1. The first kappa shape index (κ1) is 55.7. The Bertz CT molecular complexity index is 1320. The highest BCUT2D eigenvalue weighted by Crippen LogP contribution is 2.43. The third-order valence-corrected chi connectivity index (χ3v) is 9.84. The molecule has 0 spiro atoms. The van der Waals surface area contributed by atoms with Crippen LogP contribution in [-0.4, -0.2) is 59.9 Å². The van der Waals surface area contributed by atoms with Crippen LogP contribution in [0.2, 0.25) is 0 Å². The Morgan fingerprint density at radius 2 is 0.983 bits per heavy atom. The molecule has 0 aliphatic carbocycles. The summed E-state index contributed by atoms with van der Waals surface area (Å²) in [5.74, 6) is -2.49. The number of phosphoric ester groups is 1. The Morgan fingerprint density at radius 3 is 1.49 bits per heavy atom. The molecule has 0 bridgehead atoms. The van der Waals surface area contributed by atoms with Gasteiger partial charge in [0.05, 0.1) is 13.2 Å². The standard InChI is InChI=1S/C47H78NO10P/c1-3-5-7-9-11-13-15-17-18-19-20-21-22-23-24-25-27-28-30-32-34-36-38-45(49)55-40-43(41-56-59(53,54)57-42-44(48)47(51)52)58-46(50)39-37-35-33-31-29-26-16-14-12-10-8-6-4-2/h5,7,11,13,17-18,20-21,23-24,26,29,33,35,43-44H,3-4,6,8-10,12,14-16,19,22,25,27-28,30-32,34,36-42,48H2,1-2H3,(H,51,52)(H,53,54)/b7-5+,13-11+,18-17+,21-20+,24-23+,29-26+,35-33+/t43?,44-/m1/s1. The molecule has 0 saturated carbocycles. The molecule has 2 unspecified atom stereocenters. The second-order valence-corrected chi connectivity index (χ2v) is 15.9. The molecular formula is C47H78NO10P. The van der Waals surface area contributed by atoms with E-state index in [1.54, 1.807) is 0 Å². The number of carbonyl (C=O) groups is 3. The predicted molar refractivity (Wildman–Crippen MR) is 240 cm³/mol. The van der Waals surface area contributed by atoms with Gasteiger partial charge in [0.25, 0.3) is 0 Å². The number of nitrogens with two attached hydrogens (primary N) is 1. The number of allylic oxidation sites excluding steroid dienone is 14. The predicted octanol–water partition coefficient (Wildman–Crippen LogP) is 11.9. The summed E-state index contributed by atoms with van der Waals surface area (Å²) in [5.41, 5.74) is 5.33. The molecule has 336 valence electrons. The minimum absolute atomic E-state index is 0.0471. The first-order chi connectivity index (χ1) is 28.6. The van der Waals surface area contributed by atoms with Crippen molar-refractivity contribution in [2.75, 3.05) is 19.8 Å². The quantitative estimate of drug-likeness (QED) is 0.0232. The highest BCUT2D eigenvalue weighted by Gasteiger charge is 2.28. The van der Waals surface area contributed by atoms with Crippen LogP contribution in [0.25, 0.3) is 0 Å². The summed E-state index contributed by atoms with van der Waals surface area (Å²) in [6.07, 6.45) is 50.9. The SMILES string of the molecule is CC/C=C/C/C=C/C/C=C/C/C=C/C/C=C/CCCCCCCCC(=O)OCC(COP(=O)(O)OC[C@@H](N)C(=O)O)OC(=O)CC/C=C/C/C=C/CCCCCCCC. The first-order valence-electron chi connectivity index (χ1n) is 22.1. The van der Waals surface area contributed by atoms with Gasteiger partial charge in [-0.25, -0.2) is 4.57 Å². The molecule has 59 heavy (non-hydrogen) atoms. The third kappa shape index (κ3) is 41.2. The molecule has 11 nitrogen and oxygen atoms in total. The van der Waals surface area contributed by atoms with Crippen LogP contribution in [0, 0.1) is 0 Å². The largest absolute Gasteiger partial charge is 0.480 e. The zero-order valence-corrected chi connectivity index (χ0v) is 37.2. The lowest BCUT2D eigenvalue weighted by Crippen LogP contribution is -2.34. The number of hydrogen-bond acceptors (Lipinski definition) is 9. The second kappa shape index (κ2) is 41.4. The van der Waals surface area contributed by atoms with Crippen LogP contribution in [0.5, 0.6) is 0 Å². The molecule has 3 atom stereocenters. The Labute approximate surface area is 356 Å². The smallest absolute Gasteiger partial charge is 0.472 e.